The van der Waals surface area contributed by atoms with Gasteiger partial charge in [0.2, 0.25) is 11.8 Å². The lowest BCUT2D eigenvalue weighted by molar-refractivity contribution is -0.128. The van der Waals surface area contributed by atoms with Gasteiger partial charge in [-0.05, 0) is 18.2 Å². The fourth-order valence-corrected chi connectivity index (χ4v) is 2.31. The van der Waals surface area contributed by atoms with Crippen molar-refractivity contribution in [3.8, 4) is 0 Å². The molecule has 0 radical (unpaired) electrons. The first kappa shape index (κ1) is 12.3. The molecule has 3 rings (SSSR count). The first-order valence-corrected chi connectivity index (χ1v) is 6.02. The van der Waals surface area contributed by atoms with Crippen molar-refractivity contribution in [1.82, 2.24) is 10.2 Å². The third-order valence-electron chi connectivity index (χ3n) is 3.42. The molecule has 0 unspecified atom stereocenters. The minimum absolute atomic E-state index is 0.0668. The van der Waals surface area contributed by atoms with Crippen LogP contribution in [0.2, 0.25) is 0 Å². The zero-order chi connectivity index (χ0) is 14.4. The molecule has 0 spiro atoms. The highest BCUT2D eigenvalue weighted by Crippen LogP contribution is 2.27. The second-order valence-corrected chi connectivity index (χ2v) is 4.66. The van der Waals surface area contributed by atoms with Crippen LogP contribution in [0.4, 0.5) is 5.69 Å². The van der Waals surface area contributed by atoms with Gasteiger partial charge in [0.1, 0.15) is 6.54 Å². The molecule has 0 saturated carbocycles. The number of piperazine rings is 1. The Labute approximate surface area is 114 Å². The highest BCUT2D eigenvalue weighted by atomic mass is 16.2. The Morgan fingerprint density at radius 1 is 1.05 bits per heavy atom. The average molecular weight is 273 g/mol. The monoisotopic (exact) mass is 273 g/mol. The molecule has 1 aromatic carbocycles. The molecule has 0 aromatic heterocycles. The van der Waals surface area contributed by atoms with Gasteiger partial charge in [0.05, 0.1) is 17.7 Å². The van der Waals surface area contributed by atoms with E-state index in [4.69, 9.17) is 0 Å². The van der Waals surface area contributed by atoms with E-state index in [1.807, 2.05) is 0 Å². The molecule has 0 atom stereocenters. The van der Waals surface area contributed by atoms with Gasteiger partial charge in [-0.1, -0.05) is 0 Å². The molecule has 2 aliphatic heterocycles. The summed E-state index contributed by atoms with van der Waals surface area (Å²) in [5.41, 5.74) is 1.02. The maximum Gasteiger partial charge on any atom is 0.261 e. The number of imide groups is 1. The van der Waals surface area contributed by atoms with E-state index in [-0.39, 0.29) is 36.4 Å². The first-order valence-electron chi connectivity index (χ1n) is 6.02. The molecular formula is C13H11N3O4. The fraction of sp³-hybridized carbons (Fsp3) is 0.231. The zero-order valence-corrected chi connectivity index (χ0v) is 10.7. The quantitative estimate of drug-likeness (QED) is 0.690. The summed E-state index contributed by atoms with van der Waals surface area (Å²) in [4.78, 5) is 49.2. The Kier molecular flexibility index (Phi) is 2.56. The van der Waals surface area contributed by atoms with Gasteiger partial charge < -0.3 is 10.2 Å². The summed E-state index contributed by atoms with van der Waals surface area (Å²) in [6, 6.07) is 4.56. The summed E-state index contributed by atoms with van der Waals surface area (Å²) in [7, 11) is 1.41. The van der Waals surface area contributed by atoms with Crippen LogP contribution in [0.5, 0.6) is 0 Å². The van der Waals surface area contributed by atoms with Gasteiger partial charge in [-0.3, -0.25) is 24.1 Å². The molecule has 4 amide bonds. The highest BCUT2D eigenvalue weighted by molar-refractivity contribution is 6.21. The van der Waals surface area contributed by atoms with Crippen LogP contribution in [-0.2, 0) is 9.59 Å². The lowest BCUT2D eigenvalue weighted by Gasteiger charge is -2.26. The van der Waals surface area contributed by atoms with Crippen molar-refractivity contribution in [2.45, 2.75) is 0 Å². The van der Waals surface area contributed by atoms with Gasteiger partial charge in [-0.25, -0.2) is 0 Å². The van der Waals surface area contributed by atoms with Crippen molar-refractivity contribution in [3.05, 3.63) is 29.3 Å². The molecule has 1 fully saturated rings. The molecule has 1 N–H and O–H groups in total. The van der Waals surface area contributed by atoms with Crippen LogP contribution >= 0.6 is 0 Å². The van der Waals surface area contributed by atoms with E-state index in [0.717, 1.165) is 4.90 Å². The summed E-state index contributed by atoms with van der Waals surface area (Å²) in [6.07, 6.45) is 0. The lowest BCUT2D eigenvalue weighted by Crippen LogP contribution is -2.51. The molecule has 0 aliphatic carbocycles. The SMILES string of the molecule is CN1C(=O)c2ccc(N3CC(=O)NCC3=O)cc2C1=O. The maximum absolute atomic E-state index is 11.9. The lowest BCUT2D eigenvalue weighted by atomic mass is 10.1. The van der Waals surface area contributed by atoms with Gasteiger partial charge >= 0.3 is 0 Å². The van der Waals surface area contributed by atoms with Crippen molar-refractivity contribution in [2.75, 3.05) is 25.0 Å². The number of nitrogens with one attached hydrogen (secondary N) is 1. The summed E-state index contributed by atoms with van der Waals surface area (Å²) < 4.78 is 0. The van der Waals surface area contributed by atoms with Crippen molar-refractivity contribution >= 4 is 29.3 Å². The average Bonchev–Trinajstić information content (AvgIpc) is 2.66. The molecule has 2 aliphatic rings. The van der Waals surface area contributed by atoms with E-state index < -0.39 is 5.91 Å². The van der Waals surface area contributed by atoms with Crippen LogP contribution in [0.15, 0.2) is 18.2 Å². The second kappa shape index (κ2) is 4.16. The normalized spacial score (nSPS) is 18.4. The number of fused-ring (bicyclic) bond motifs is 1. The standard InChI is InChI=1S/C13H11N3O4/c1-15-12(19)8-3-2-7(4-9(8)13(15)20)16-6-10(17)14-5-11(16)18/h2-4H,5-6H2,1H3,(H,14,17). The highest BCUT2D eigenvalue weighted by Gasteiger charge is 2.34. The molecule has 2 heterocycles. The van der Waals surface area contributed by atoms with Crippen LogP contribution in [-0.4, -0.2) is 48.7 Å². The van der Waals surface area contributed by atoms with E-state index in [9.17, 15) is 19.2 Å². The number of benzene rings is 1. The van der Waals surface area contributed by atoms with Gasteiger partial charge in [0.25, 0.3) is 11.8 Å². The molecule has 7 heteroatoms. The van der Waals surface area contributed by atoms with E-state index in [2.05, 4.69) is 5.32 Å². The molecule has 20 heavy (non-hydrogen) atoms. The Balaban J connectivity index is 2.02. The number of carbonyl (C=O) groups is 4. The van der Waals surface area contributed by atoms with E-state index >= 15 is 0 Å². The van der Waals surface area contributed by atoms with Crippen LogP contribution < -0.4 is 10.2 Å². The minimum atomic E-state index is -0.402. The molecule has 1 saturated heterocycles. The number of amides is 4. The Morgan fingerprint density at radius 2 is 1.75 bits per heavy atom. The number of nitrogens with zero attached hydrogens (tertiary/aromatic N) is 2. The predicted octanol–water partition coefficient (Wildman–Crippen LogP) is -0.625. The number of hydrogen-bond acceptors (Lipinski definition) is 4. The third kappa shape index (κ3) is 1.67. The molecular weight excluding hydrogens is 262 g/mol. The number of anilines is 1. The van der Waals surface area contributed by atoms with Crippen molar-refractivity contribution in [3.63, 3.8) is 0 Å². The summed E-state index contributed by atoms with van der Waals surface area (Å²) in [5, 5.41) is 2.45. The van der Waals surface area contributed by atoms with E-state index in [0.29, 0.717) is 11.3 Å². The Morgan fingerprint density at radius 3 is 2.50 bits per heavy atom. The number of hydrogen-bond donors (Lipinski definition) is 1. The van der Waals surface area contributed by atoms with Crippen molar-refractivity contribution in [2.24, 2.45) is 0 Å². The smallest absolute Gasteiger partial charge is 0.261 e. The first-order chi connectivity index (χ1) is 9.49. The molecule has 102 valence electrons. The van der Waals surface area contributed by atoms with Gasteiger partial charge in [0.15, 0.2) is 0 Å². The molecule has 0 bridgehead atoms. The summed E-state index contributed by atoms with van der Waals surface area (Å²) >= 11 is 0. The van der Waals surface area contributed by atoms with Gasteiger partial charge in [0, 0.05) is 12.7 Å². The molecule has 7 nitrogen and oxygen atoms in total. The minimum Gasteiger partial charge on any atom is -0.345 e. The predicted molar refractivity (Wildman–Crippen MR) is 68.2 cm³/mol. The van der Waals surface area contributed by atoms with E-state index in [1.54, 1.807) is 6.07 Å². The largest absolute Gasteiger partial charge is 0.345 e. The Bertz CT molecular complexity index is 668. The number of rotatable bonds is 1. The van der Waals surface area contributed by atoms with E-state index in [1.165, 1.54) is 24.1 Å². The second-order valence-electron chi connectivity index (χ2n) is 4.66. The summed E-state index contributed by atoms with van der Waals surface area (Å²) in [6.45, 7) is -0.154. The van der Waals surface area contributed by atoms with Crippen LogP contribution in [0.1, 0.15) is 20.7 Å². The van der Waals surface area contributed by atoms with Gasteiger partial charge in [-0.15, -0.1) is 0 Å². The number of carbonyl (C=O) groups excluding carboxylic acids is 4. The Hall–Kier alpha value is -2.70. The van der Waals surface area contributed by atoms with Crippen LogP contribution in [0.3, 0.4) is 0 Å². The van der Waals surface area contributed by atoms with Crippen LogP contribution in [0.25, 0.3) is 0 Å². The van der Waals surface area contributed by atoms with Crippen LogP contribution in [0, 0.1) is 0 Å². The van der Waals surface area contributed by atoms with Gasteiger partial charge in [-0.2, -0.15) is 0 Å². The fourth-order valence-electron chi connectivity index (χ4n) is 2.31. The van der Waals surface area contributed by atoms with Crippen molar-refractivity contribution < 1.29 is 19.2 Å². The maximum atomic E-state index is 11.9. The third-order valence-corrected chi connectivity index (χ3v) is 3.42. The summed E-state index contributed by atoms with van der Waals surface area (Å²) in [5.74, 6) is -1.28. The zero-order valence-electron chi connectivity index (χ0n) is 10.7. The topological polar surface area (TPSA) is 86.8 Å². The molecule has 1 aromatic rings. The van der Waals surface area contributed by atoms with Crippen molar-refractivity contribution in [1.29, 1.82) is 0 Å².